The van der Waals surface area contributed by atoms with Crippen molar-refractivity contribution in [2.75, 3.05) is 45.9 Å². The van der Waals surface area contributed by atoms with Crippen LogP contribution in [0.2, 0.25) is 0 Å². The van der Waals surface area contributed by atoms with Crippen molar-refractivity contribution >= 4 is 11.8 Å². The van der Waals surface area contributed by atoms with Crippen molar-refractivity contribution in [3.8, 4) is 0 Å². The number of nitrogens with one attached hydrogen (secondary N) is 1. The van der Waals surface area contributed by atoms with Gasteiger partial charge in [-0.3, -0.25) is 9.59 Å². The van der Waals surface area contributed by atoms with Gasteiger partial charge in [0.1, 0.15) is 12.3 Å². The van der Waals surface area contributed by atoms with Crippen LogP contribution in [0, 0.1) is 11.8 Å². The SMILES string of the molecule is Cn1cnc(C(=O)NCC2CN(CC3CCN(CC4CC4)CC3)C(=O)CO2)c1. The Balaban J connectivity index is 1.21. The molecule has 1 aromatic rings. The third-order valence-electron chi connectivity index (χ3n) is 6.05. The van der Waals surface area contributed by atoms with Crippen LogP contribution in [0.25, 0.3) is 0 Å². The van der Waals surface area contributed by atoms with Gasteiger partial charge in [0.2, 0.25) is 5.91 Å². The second kappa shape index (κ2) is 8.61. The summed E-state index contributed by atoms with van der Waals surface area (Å²) in [4.78, 5) is 33.0. The lowest BCUT2D eigenvalue weighted by molar-refractivity contribution is -0.149. The fourth-order valence-electron chi connectivity index (χ4n) is 4.14. The lowest BCUT2D eigenvalue weighted by atomic mass is 9.95. The molecule has 3 heterocycles. The van der Waals surface area contributed by atoms with E-state index in [9.17, 15) is 9.59 Å². The molecule has 28 heavy (non-hydrogen) atoms. The van der Waals surface area contributed by atoms with Gasteiger partial charge in [0, 0.05) is 39.4 Å². The third kappa shape index (κ3) is 5.11. The summed E-state index contributed by atoms with van der Waals surface area (Å²) in [6.45, 7) is 5.42. The van der Waals surface area contributed by atoms with E-state index >= 15 is 0 Å². The summed E-state index contributed by atoms with van der Waals surface area (Å²) in [5.74, 6) is 1.36. The van der Waals surface area contributed by atoms with Crippen LogP contribution in [-0.2, 0) is 16.6 Å². The number of aromatic nitrogens is 2. The molecule has 0 bridgehead atoms. The van der Waals surface area contributed by atoms with E-state index in [-0.39, 0.29) is 24.5 Å². The van der Waals surface area contributed by atoms with Crippen molar-refractivity contribution in [2.24, 2.45) is 18.9 Å². The molecule has 3 fully saturated rings. The number of carbonyl (C=O) groups is 2. The molecule has 8 nitrogen and oxygen atoms in total. The van der Waals surface area contributed by atoms with Gasteiger partial charge < -0.3 is 24.4 Å². The highest BCUT2D eigenvalue weighted by Gasteiger charge is 2.31. The van der Waals surface area contributed by atoms with E-state index in [1.165, 1.54) is 32.2 Å². The predicted molar refractivity (Wildman–Crippen MR) is 104 cm³/mol. The number of aryl methyl sites for hydroxylation is 1. The van der Waals surface area contributed by atoms with Crippen molar-refractivity contribution < 1.29 is 14.3 Å². The van der Waals surface area contributed by atoms with Gasteiger partial charge in [-0.05, 0) is 50.6 Å². The number of morpholine rings is 1. The van der Waals surface area contributed by atoms with Gasteiger partial charge in [0.25, 0.3) is 5.91 Å². The first-order valence-electron chi connectivity index (χ1n) is 10.4. The number of rotatable bonds is 7. The van der Waals surface area contributed by atoms with Gasteiger partial charge in [0.05, 0.1) is 12.4 Å². The van der Waals surface area contributed by atoms with Crippen LogP contribution < -0.4 is 5.32 Å². The lowest BCUT2D eigenvalue weighted by Crippen LogP contribution is -2.52. The van der Waals surface area contributed by atoms with Gasteiger partial charge in [-0.15, -0.1) is 0 Å². The molecule has 154 valence electrons. The summed E-state index contributed by atoms with van der Waals surface area (Å²) in [5.41, 5.74) is 0.393. The summed E-state index contributed by atoms with van der Waals surface area (Å²) >= 11 is 0. The fourth-order valence-corrected chi connectivity index (χ4v) is 4.14. The second-order valence-corrected chi connectivity index (χ2v) is 8.55. The van der Waals surface area contributed by atoms with Crippen molar-refractivity contribution in [1.29, 1.82) is 0 Å². The molecule has 1 saturated carbocycles. The lowest BCUT2D eigenvalue weighted by Gasteiger charge is -2.38. The van der Waals surface area contributed by atoms with Crippen molar-refractivity contribution in [3.05, 3.63) is 18.2 Å². The first-order chi connectivity index (χ1) is 13.6. The molecule has 1 aromatic heterocycles. The maximum absolute atomic E-state index is 12.3. The van der Waals surface area contributed by atoms with Crippen LogP contribution in [0.1, 0.15) is 36.2 Å². The van der Waals surface area contributed by atoms with Crippen molar-refractivity contribution in [2.45, 2.75) is 31.8 Å². The Labute approximate surface area is 166 Å². The average molecular weight is 390 g/mol. The molecule has 0 radical (unpaired) electrons. The molecule has 2 aliphatic heterocycles. The minimum Gasteiger partial charge on any atom is -0.365 e. The molecular formula is C20H31N5O3. The number of piperidine rings is 1. The summed E-state index contributed by atoms with van der Waals surface area (Å²) in [5, 5.41) is 2.87. The van der Waals surface area contributed by atoms with E-state index < -0.39 is 0 Å². The van der Waals surface area contributed by atoms with E-state index in [2.05, 4.69) is 15.2 Å². The number of likely N-dealkylation sites (tertiary alicyclic amines) is 1. The largest absolute Gasteiger partial charge is 0.365 e. The van der Waals surface area contributed by atoms with Gasteiger partial charge in [0.15, 0.2) is 0 Å². The molecule has 2 amide bonds. The summed E-state index contributed by atoms with van der Waals surface area (Å²) in [6.07, 6.45) is 8.25. The first kappa shape index (κ1) is 19.4. The van der Waals surface area contributed by atoms with E-state index in [0.717, 1.165) is 25.6 Å². The molecule has 4 rings (SSSR count). The third-order valence-corrected chi connectivity index (χ3v) is 6.05. The highest BCUT2D eigenvalue weighted by molar-refractivity contribution is 5.92. The molecule has 1 N–H and O–H groups in total. The zero-order valence-electron chi connectivity index (χ0n) is 16.7. The quantitative estimate of drug-likeness (QED) is 0.735. The molecule has 1 aliphatic carbocycles. The van der Waals surface area contributed by atoms with E-state index in [1.807, 2.05) is 11.9 Å². The molecule has 0 spiro atoms. The van der Waals surface area contributed by atoms with Crippen LogP contribution in [0.5, 0.6) is 0 Å². The van der Waals surface area contributed by atoms with E-state index in [1.54, 1.807) is 17.1 Å². The normalized spacial score (nSPS) is 24.5. The topological polar surface area (TPSA) is 79.7 Å². The van der Waals surface area contributed by atoms with Gasteiger partial charge in [-0.1, -0.05) is 0 Å². The summed E-state index contributed by atoms with van der Waals surface area (Å²) < 4.78 is 7.37. The van der Waals surface area contributed by atoms with Gasteiger partial charge in [-0.2, -0.15) is 0 Å². The Morgan fingerprint density at radius 3 is 2.64 bits per heavy atom. The first-order valence-corrected chi connectivity index (χ1v) is 10.4. The Bertz CT molecular complexity index is 694. The number of carbonyl (C=O) groups excluding carboxylic acids is 2. The molecule has 0 aromatic carbocycles. The van der Waals surface area contributed by atoms with Crippen LogP contribution in [0.15, 0.2) is 12.5 Å². The maximum Gasteiger partial charge on any atom is 0.271 e. The molecule has 8 heteroatoms. The minimum absolute atomic E-state index is 0.0627. The average Bonchev–Trinajstić information content (AvgIpc) is 3.40. The molecule has 2 saturated heterocycles. The maximum atomic E-state index is 12.3. The number of imidazole rings is 1. The smallest absolute Gasteiger partial charge is 0.271 e. The Hall–Kier alpha value is -1.93. The van der Waals surface area contributed by atoms with Gasteiger partial charge in [-0.25, -0.2) is 4.98 Å². The summed E-state index contributed by atoms with van der Waals surface area (Å²) in [6, 6.07) is 0. The fraction of sp³-hybridized carbons (Fsp3) is 0.750. The Morgan fingerprint density at radius 1 is 1.21 bits per heavy atom. The van der Waals surface area contributed by atoms with Crippen LogP contribution in [0.4, 0.5) is 0 Å². The highest BCUT2D eigenvalue weighted by atomic mass is 16.5. The number of amides is 2. The second-order valence-electron chi connectivity index (χ2n) is 8.55. The molecule has 1 unspecified atom stereocenters. The van der Waals surface area contributed by atoms with Crippen LogP contribution >= 0.6 is 0 Å². The minimum atomic E-state index is -0.212. The van der Waals surface area contributed by atoms with Crippen molar-refractivity contribution in [3.63, 3.8) is 0 Å². The standard InChI is InChI=1S/C20H31N5O3/c1-23-12-18(22-14-23)20(27)21-8-17-11-25(19(26)13-28-17)10-16-4-6-24(7-5-16)9-15-2-3-15/h12,14-17H,2-11,13H2,1H3,(H,21,27). The number of hydrogen-bond acceptors (Lipinski definition) is 5. The zero-order chi connectivity index (χ0) is 19.5. The number of hydrogen-bond donors (Lipinski definition) is 1. The highest BCUT2D eigenvalue weighted by Crippen LogP contribution is 2.31. The Morgan fingerprint density at radius 2 is 1.96 bits per heavy atom. The molecular weight excluding hydrogens is 358 g/mol. The van der Waals surface area contributed by atoms with Crippen LogP contribution in [-0.4, -0.2) is 83.1 Å². The van der Waals surface area contributed by atoms with E-state index in [4.69, 9.17) is 4.74 Å². The molecule has 3 aliphatic rings. The zero-order valence-corrected chi connectivity index (χ0v) is 16.7. The Kier molecular flexibility index (Phi) is 5.96. The molecule has 1 atom stereocenters. The monoisotopic (exact) mass is 389 g/mol. The predicted octanol–water partition coefficient (Wildman–Crippen LogP) is 0.499. The van der Waals surface area contributed by atoms with Crippen LogP contribution in [0.3, 0.4) is 0 Å². The van der Waals surface area contributed by atoms with Gasteiger partial charge >= 0.3 is 0 Å². The number of ether oxygens (including phenoxy) is 1. The van der Waals surface area contributed by atoms with E-state index in [0.29, 0.717) is 24.7 Å². The van der Waals surface area contributed by atoms with Crippen molar-refractivity contribution in [1.82, 2.24) is 24.7 Å². The summed E-state index contributed by atoms with van der Waals surface area (Å²) in [7, 11) is 1.83. The number of nitrogens with zero attached hydrogens (tertiary/aromatic N) is 4.